The summed E-state index contributed by atoms with van der Waals surface area (Å²) in [6.45, 7) is 8.97. The van der Waals surface area contributed by atoms with E-state index in [1.807, 2.05) is 18.7 Å². The summed E-state index contributed by atoms with van der Waals surface area (Å²) in [6, 6.07) is 2.14. The van der Waals surface area contributed by atoms with Crippen molar-refractivity contribution < 1.29 is 4.74 Å². The van der Waals surface area contributed by atoms with Crippen molar-refractivity contribution in [2.75, 3.05) is 19.0 Å². The summed E-state index contributed by atoms with van der Waals surface area (Å²) < 4.78 is 7.88. The zero-order valence-corrected chi connectivity index (χ0v) is 12.4. The molecule has 1 aromatic heterocycles. The predicted molar refractivity (Wildman–Crippen MR) is 72.9 cm³/mol. The van der Waals surface area contributed by atoms with Gasteiger partial charge >= 0.3 is 0 Å². The molecule has 2 heterocycles. The van der Waals surface area contributed by atoms with Gasteiger partial charge in [-0.05, 0) is 26.8 Å². The minimum atomic E-state index is -0.133. The Bertz CT molecular complexity index is 416. The van der Waals surface area contributed by atoms with Crippen molar-refractivity contribution >= 4 is 11.6 Å². The first-order valence-electron chi connectivity index (χ1n) is 6.35. The Labute approximate surface area is 114 Å². The van der Waals surface area contributed by atoms with E-state index in [4.69, 9.17) is 16.3 Å². The molecular formula is C13H22ClN3O. The third-order valence-electron chi connectivity index (χ3n) is 3.21. The van der Waals surface area contributed by atoms with Gasteiger partial charge in [0.25, 0.3) is 0 Å². The zero-order valence-electron chi connectivity index (χ0n) is 11.6. The average Bonchev–Trinajstić information content (AvgIpc) is 2.55. The lowest BCUT2D eigenvalue weighted by molar-refractivity contribution is -0.129. The van der Waals surface area contributed by atoms with Gasteiger partial charge in [-0.25, -0.2) is 0 Å². The van der Waals surface area contributed by atoms with Gasteiger partial charge in [-0.15, -0.1) is 11.6 Å². The second kappa shape index (κ2) is 5.19. The number of halogens is 1. The average molecular weight is 272 g/mol. The predicted octanol–water partition coefficient (Wildman–Crippen LogP) is 1.95. The molecule has 0 radical (unpaired) electrons. The molecule has 0 aromatic carbocycles. The third kappa shape index (κ3) is 3.25. The van der Waals surface area contributed by atoms with Crippen LogP contribution in [0.2, 0.25) is 0 Å². The number of aryl methyl sites for hydroxylation is 2. The van der Waals surface area contributed by atoms with Crippen molar-refractivity contribution in [2.45, 2.75) is 39.0 Å². The van der Waals surface area contributed by atoms with Crippen LogP contribution in [0, 0.1) is 6.92 Å². The molecule has 18 heavy (non-hydrogen) atoms. The van der Waals surface area contributed by atoms with Gasteiger partial charge in [0.1, 0.15) is 0 Å². The molecule has 0 N–H and O–H groups in total. The maximum atomic E-state index is 5.94. The Hall–Kier alpha value is -0.580. The quantitative estimate of drug-likeness (QED) is 0.787. The van der Waals surface area contributed by atoms with Crippen LogP contribution in [0.25, 0.3) is 0 Å². The van der Waals surface area contributed by atoms with E-state index in [0.29, 0.717) is 5.88 Å². The van der Waals surface area contributed by atoms with Crippen LogP contribution in [0.15, 0.2) is 6.07 Å². The molecule has 1 aliphatic heterocycles. The number of nitrogens with zero attached hydrogens (tertiary/aromatic N) is 3. The molecule has 4 nitrogen and oxygen atoms in total. The monoisotopic (exact) mass is 271 g/mol. The fraction of sp³-hybridized carbons (Fsp3) is 0.769. The van der Waals surface area contributed by atoms with Crippen LogP contribution in [-0.2, 0) is 18.3 Å². The van der Waals surface area contributed by atoms with Crippen molar-refractivity contribution in [3.05, 3.63) is 17.5 Å². The smallest absolute Gasteiger partial charge is 0.0845 e. The number of hydrogen-bond donors (Lipinski definition) is 0. The van der Waals surface area contributed by atoms with Gasteiger partial charge in [0.2, 0.25) is 0 Å². The summed E-state index contributed by atoms with van der Waals surface area (Å²) in [6.07, 6.45) is 0.116. The lowest BCUT2D eigenvalue weighted by Gasteiger charge is -2.42. The van der Waals surface area contributed by atoms with Crippen molar-refractivity contribution in [1.29, 1.82) is 0 Å². The highest BCUT2D eigenvalue weighted by atomic mass is 35.5. The van der Waals surface area contributed by atoms with Gasteiger partial charge in [0.15, 0.2) is 0 Å². The lowest BCUT2D eigenvalue weighted by Crippen LogP contribution is -2.53. The summed E-state index contributed by atoms with van der Waals surface area (Å²) in [5, 5.41) is 4.38. The highest BCUT2D eigenvalue weighted by molar-refractivity contribution is 6.18. The van der Waals surface area contributed by atoms with Gasteiger partial charge in [0, 0.05) is 32.6 Å². The maximum Gasteiger partial charge on any atom is 0.0845 e. The molecule has 0 amide bonds. The number of rotatable bonds is 3. The number of morpholine rings is 1. The van der Waals surface area contributed by atoms with Crippen LogP contribution in [-0.4, -0.2) is 45.4 Å². The Morgan fingerprint density at radius 2 is 2.28 bits per heavy atom. The number of hydrogen-bond acceptors (Lipinski definition) is 3. The second-order valence-electron chi connectivity index (χ2n) is 5.72. The minimum absolute atomic E-state index is 0.116. The molecule has 1 aliphatic rings. The van der Waals surface area contributed by atoms with Gasteiger partial charge in [0.05, 0.1) is 23.1 Å². The van der Waals surface area contributed by atoms with Crippen molar-refractivity contribution in [1.82, 2.24) is 14.7 Å². The fourth-order valence-corrected chi connectivity index (χ4v) is 2.82. The molecule has 1 saturated heterocycles. The largest absolute Gasteiger partial charge is 0.368 e. The molecule has 1 atom stereocenters. The van der Waals surface area contributed by atoms with Crippen LogP contribution < -0.4 is 0 Å². The van der Waals surface area contributed by atoms with E-state index in [2.05, 4.69) is 29.9 Å². The molecule has 0 saturated carbocycles. The van der Waals surface area contributed by atoms with Crippen LogP contribution in [0.3, 0.4) is 0 Å². The van der Waals surface area contributed by atoms with E-state index >= 15 is 0 Å². The lowest BCUT2D eigenvalue weighted by atomic mass is 10.1. The first-order chi connectivity index (χ1) is 8.39. The van der Waals surface area contributed by atoms with Crippen molar-refractivity contribution in [2.24, 2.45) is 7.05 Å². The molecular weight excluding hydrogens is 250 g/mol. The molecule has 1 aromatic rings. The van der Waals surface area contributed by atoms with Gasteiger partial charge in [-0.3, -0.25) is 9.58 Å². The molecule has 0 spiro atoms. The van der Waals surface area contributed by atoms with E-state index in [0.717, 1.165) is 25.3 Å². The first kappa shape index (κ1) is 13.8. The summed E-state index contributed by atoms with van der Waals surface area (Å²) in [7, 11) is 1.99. The normalized spacial score (nSPS) is 24.4. The fourth-order valence-electron chi connectivity index (χ4n) is 2.66. The zero-order chi connectivity index (χ0) is 13.3. The standard InChI is InChI=1S/C13H22ClN3O/c1-10-5-11(16(4)15-10)7-17-8-12(6-14)18-13(2,3)9-17/h5,12H,6-9H2,1-4H3. The summed E-state index contributed by atoms with van der Waals surface area (Å²) in [5.74, 6) is 0.546. The molecule has 0 aliphatic carbocycles. The van der Waals surface area contributed by atoms with Crippen LogP contribution >= 0.6 is 11.6 Å². The Morgan fingerprint density at radius 1 is 1.56 bits per heavy atom. The molecule has 1 unspecified atom stereocenters. The van der Waals surface area contributed by atoms with E-state index in [1.54, 1.807) is 0 Å². The van der Waals surface area contributed by atoms with Gasteiger partial charge in [-0.1, -0.05) is 0 Å². The highest BCUT2D eigenvalue weighted by Gasteiger charge is 2.33. The second-order valence-corrected chi connectivity index (χ2v) is 6.03. The Morgan fingerprint density at radius 3 is 2.83 bits per heavy atom. The molecule has 1 fully saturated rings. The third-order valence-corrected chi connectivity index (χ3v) is 3.55. The Balaban J connectivity index is 2.06. The van der Waals surface area contributed by atoms with Crippen LogP contribution in [0.5, 0.6) is 0 Å². The van der Waals surface area contributed by atoms with E-state index in [1.165, 1.54) is 5.69 Å². The summed E-state index contributed by atoms with van der Waals surface area (Å²) in [5.41, 5.74) is 2.17. The molecule has 5 heteroatoms. The summed E-state index contributed by atoms with van der Waals surface area (Å²) in [4.78, 5) is 2.40. The molecule has 102 valence electrons. The van der Waals surface area contributed by atoms with Crippen molar-refractivity contribution in [3.8, 4) is 0 Å². The van der Waals surface area contributed by atoms with E-state index in [9.17, 15) is 0 Å². The number of ether oxygens (including phenoxy) is 1. The number of aromatic nitrogens is 2. The van der Waals surface area contributed by atoms with Crippen molar-refractivity contribution in [3.63, 3.8) is 0 Å². The molecule has 2 rings (SSSR count). The minimum Gasteiger partial charge on any atom is -0.368 e. The van der Waals surface area contributed by atoms with E-state index in [-0.39, 0.29) is 11.7 Å². The SMILES string of the molecule is Cc1cc(CN2CC(CCl)OC(C)(C)C2)n(C)n1. The first-order valence-corrected chi connectivity index (χ1v) is 6.89. The highest BCUT2D eigenvalue weighted by Crippen LogP contribution is 2.23. The van der Waals surface area contributed by atoms with Crippen LogP contribution in [0.4, 0.5) is 0 Å². The van der Waals surface area contributed by atoms with E-state index < -0.39 is 0 Å². The number of alkyl halides is 1. The molecule has 0 bridgehead atoms. The topological polar surface area (TPSA) is 30.3 Å². The summed E-state index contributed by atoms with van der Waals surface area (Å²) >= 11 is 5.94. The van der Waals surface area contributed by atoms with Crippen LogP contribution in [0.1, 0.15) is 25.2 Å². The maximum absolute atomic E-state index is 5.94. The Kier molecular flexibility index (Phi) is 3.99. The van der Waals surface area contributed by atoms with Gasteiger partial charge < -0.3 is 4.74 Å². The van der Waals surface area contributed by atoms with Gasteiger partial charge in [-0.2, -0.15) is 5.10 Å².